The lowest BCUT2D eigenvalue weighted by molar-refractivity contribution is -0.137. The number of hydrogen-bond donors (Lipinski definition) is 1. The molecule has 0 aromatic carbocycles. The van der Waals surface area contributed by atoms with Crippen molar-refractivity contribution in [3.8, 4) is 0 Å². The highest BCUT2D eigenvalue weighted by Gasteiger charge is 2.22. The van der Waals surface area contributed by atoms with E-state index in [0.717, 1.165) is 37.5 Å². The first kappa shape index (κ1) is 12.1. The topological polar surface area (TPSA) is 72.6 Å². The molecule has 2 heterocycles. The molecule has 0 spiro atoms. The van der Waals surface area contributed by atoms with Crippen LogP contribution in [0.4, 0.5) is 0 Å². The molecule has 5 nitrogen and oxygen atoms in total. The Labute approximate surface area is 99.8 Å². The van der Waals surface area contributed by atoms with Gasteiger partial charge in [0.15, 0.2) is 5.89 Å². The second-order valence-electron chi connectivity index (χ2n) is 4.33. The highest BCUT2D eigenvalue weighted by atomic mass is 16.5. The van der Waals surface area contributed by atoms with Crippen molar-refractivity contribution in [1.82, 2.24) is 4.98 Å². The third-order valence-corrected chi connectivity index (χ3v) is 3.04. The van der Waals surface area contributed by atoms with Crippen LogP contribution in [0.2, 0.25) is 0 Å². The number of aromatic nitrogens is 1. The van der Waals surface area contributed by atoms with Crippen LogP contribution >= 0.6 is 0 Å². The van der Waals surface area contributed by atoms with Gasteiger partial charge in [-0.05, 0) is 19.8 Å². The zero-order chi connectivity index (χ0) is 12.3. The molecule has 1 aromatic rings. The van der Waals surface area contributed by atoms with E-state index in [0.29, 0.717) is 18.2 Å². The number of carboxylic acid groups (broad SMARTS) is 1. The Bertz CT molecular complexity index is 393. The second kappa shape index (κ2) is 5.31. The molecule has 0 radical (unpaired) electrons. The van der Waals surface area contributed by atoms with Gasteiger partial charge in [-0.1, -0.05) is 0 Å². The third-order valence-electron chi connectivity index (χ3n) is 3.04. The molecule has 5 heteroatoms. The first-order chi connectivity index (χ1) is 8.16. The number of aryl methyl sites for hydroxylation is 2. The third kappa shape index (κ3) is 3.06. The van der Waals surface area contributed by atoms with Crippen molar-refractivity contribution in [2.24, 2.45) is 0 Å². The quantitative estimate of drug-likeness (QED) is 0.868. The molecule has 1 aliphatic rings. The van der Waals surface area contributed by atoms with E-state index >= 15 is 0 Å². The highest BCUT2D eigenvalue weighted by Crippen LogP contribution is 2.29. The number of nitrogens with zero attached hydrogens (tertiary/aromatic N) is 1. The first-order valence-electron chi connectivity index (χ1n) is 5.92. The smallest absolute Gasteiger partial charge is 0.303 e. The van der Waals surface area contributed by atoms with Crippen LogP contribution in [-0.4, -0.2) is 29.3 Å². The van der Waals surface area contributed by atoms with Gasteiger partial charge in [0, 0.05) is 25.6 Å². The number of carbonyl (C=O) groups is 1. The maximum absolute atomic E-state index is 10.5. The van der Waals surface area contributed by atoms with Gasteiger partial charge in [0.05, 0.1) is 12.1 Å². The molecule has 1 aliphatic heterocycles. The molecule has 0 aliphatic carbocycles. The minimum Gasteiger partial charge on any atom is -0.481 e. The van der Waals surface area contributed by atoms with Gasteiger partial charge >= 0.3 is 5.97 Å². The fourth-order valence-corrected chi connectivity index (χ4v) is 2.14. The van der Waals surface area contributed by atoms with Crippen molar-refractivity contribution in [2.75, 3.05) is 13.2 Å². The molecule has 2 rings (SSSR count). The number of ether oxygens (including phenoxy) is 1. The molecule has 0 bridgehead atoms. The van der Waals surface area contributed by atoms with Crippen LogP contribution in [-0.2, 0) is 16.0 Å². The van der Waals surface area contributed by atoms with Gasteiger partial charge in [-0.2, -0.15) is 0 Å². The summed E-state index contributed by atoms with van der Waals surface area (Å²) in [6, 6.07) is 0. The number of oxazole rings is 1. The van der Waals surface area contributed by atoms with Crippen LogP contribution in [0.5, 0.6) is 0 Å². The lowest BCUT2D eigenvalue weighted by atomic mass is 9.96. The average Bonchev–Trinajstić information content (AvgIpc) is 2.69. The Balaban J connectivity index is 2.04. The Hall–Kier alpha value is -1.36. The van der Waals surface area contributed by atoms with Gasteiger partial charge in [-0.15, -0.1) is 0 Å². The van der Waals surface area contributed by atoms with Crippen LogP contribution in [0, 0.1) is 6.92 Å². The van der Waals surface area contributed by atoms with E-state index in [2.05, 4.69) is 4.98 Å². The van der Waals surface area contributed by atoms with Gasteiger partial charge in [0.2, 0.25) is 0 Å². The van der Waals surface area contributed by atoms with Crippen LogP contribution < -0.4 is 0 Å². The summed E-state index contributed by atoms with van der Waals surface area (Å²) in [4.78, 5) is 14.9. The number of hydrogen-bond acceptors (Lipinski definition) is 4. The predicted molar refractivity (Wildman–Crippen MR) is 60.0 cm³/mol. The van der Waals surface area contributed by atoms with Crippen LogP contribution in [0.15, 0.2) is 4.42 Å². The maximum atomic E-state index is 10.5. The molecular formula is C12H17NO4. The first-order valence-corrected chi connectivity index (χ1v) is 5.92. The van der Waals surface area contributed by atoms with Gasteiger partial charge in [-0.25, -0.2) is 4.98 Å². The summed E-state index contributed by atoms with van der Waals surface area (Å²) in [5.74, 6) is 0.920. The Morgan fingerprint density at radius 2 is 2.18 bits per heavy atom. The van der Waals surface area contributed by atoms with Gasteiger partial charge < -0.3 is 14.3 Å². The summed E-state index contributed by atoms with van der Waals surface area (Å²) < 4.78 is 10.8. The Morgan fingerprint density at radius 3 is 2.82 bits per heavy atom. The van der Waals surface area contributed by atoms with Gasteiger partial charge in [-0.3, -0.25) is 4.79 Å². The molecule has 1 fully saturated rings. The Kier molecular flexibility index (Phi) is 3.78. The van der Waals surface area contributed by atoms with Crippen molar-refractivity contribution in [3.05, 3.63) is 17.3 Å². The largest absolute Gasteiger partial charge is 0.481 e. The van der Waals surface area contributed by atoms with Crippen molar-refractivity contribution in [1.29, 1.82) is 0 Å². The average molecular weight is 239 g/mol. The monoisotopic (exact) mass is 239 g/mol. The Morgan fingerprint density at radius 1 is 1.47 bits per heavy atom. The van der Waals surface area contributed by atoms with Gasteiger partial charge in [0.1, 0.15) is 5.76 Å². The molecule has 0 unspecified atom stereocenters. The lowest BCUT2D eigenvalue weighted by Gasteiger charge is -2.20. The van der Waals surface area contributed by atoms with Gasteiger partial charge in [0.25, 0.3) is 0 Å². The molecule has 0 atom stereocenters. The highest BCUT2D eigenvalue weighted by molar-refractivity contribution is 5.66. The van der Waals surface area contributed by atoms with E-state index in [1.54, 1.807) is 0 Å². The summed E-state index contributed by atoms with van der Waals surface area (Å²) in [5, 5.41) is 8.61. The van der Waals surface area contributed by atoms with E-state index < -0.39 is 5.97 Å². The maximum Gasteiger partial charge on any atom is 0.303 e. The fourth-order valence-electron chi connectivity index (χ4n) is 2.14. The summed E-state index contributed by atoms with van der Waals surface area (Å²) in [7, 11) is 0. The van der Waals surface area contributed by atoms with Crippen molar-refractivity contribution in [2.45, 2.75) is 38.5 Å². The fraction of sp³-hybridized carbons (Fsp3) is 0.667. The van der Waals surface area contributed by atoms with Crippen LogP contribution in [0.1, 0.15) is 42.5 Å². The van der Waals surface area contributed by atoms with E-state index in [1.165, 1.54) is 0 Å². The summed E-state index contributed by atoms with van der Waals surface area (Å²) >= 11 is 0. The molecule has 17 heavy (non-hydrogen) atoms. The SMILES string of the molecule is Cc1oc(CCC(=O)O)nc1C1CCOCC1. The number of rotatable bonds is 4. The zero-order valence-corrected chi connectivity index (χ0v) is 9.94. The molecule has 94 valence electrons. The van der Waals surface area contributed by atoms with E-state index in [1.807, 2.05) is 6.92 Å². The van der Waals surface area contributed by atoms with E-state index in [9.17, 15) is 4.79 Å². The van der Waals surface area contributed by atoms with Crippen LogP contribution in [0.3, 0.4) is 0 Å². The van der Waals surface area contributed by atoms with Crippen molar-refractivity contribution < 1.29 is 19.1 Å². The lowest BCUT2D eigenvalue weighted by Crippen LogP contribution is -2.15. The minimum absolute atomic E-state index is 0.0627. The molecule has 0 saturated carbocycles. The summed E-state index contributed by atoms with van der Waals surface area (Å²) in [6.07, 6.45) is 2.35. The molecule has 1 N–H and O–H groups in total. The molecule has 0 amide bonds. The second-order valence-corrected chi connectivity index (χ2v) is 4.33. The summed E-state index contributed by atoms with van der Waals surface area (Å²) in [6.45, 7) is 3.42. The standard InChI is InChI=1S/C12H17NO4/c1-8-12(9-4-6-16-7-5-9)13-10(17-8)2-3-11(14)15/h9H,2-7H2,1H3,(H,14,15). The number of aliphatic carboxylic acids is 1. The summed E-state index contributed by atoms with van der Waals surface area (Å²) in [5.41, 5.74) is 0.980. The predicted octanol–water partition coefficient (Wildman–Crippen LogP) is 1.89. The van der Waals surface area contributed by atoms with Crippen LogP contribution in [0.25, 0.3) is 0 Å². The van der Waals surface area contributed by atoms with Crippen molar-refractivity contribution in [3.63, 3.8) is 0 Å². The molecule has 1 aromatic heterocycles. The zero-order valence-electron chi connectivity index (χ0n) is 9.94. The normalized spacial score (nSPS) is 17.2. The number of carboxylic acids is 1. The van der Waals surface area contributed by atoms with E-state index in [4.69, 9.17) is 14.3 Å². The van der Waals surface area contributed by atoms with E-state index in [-0.39, 0.29) is 6.42 Å². The molecular weight excluding hydrogens is 222 g/mol. The van der Waals surface area contributed by atoms with Crippen molar-refractivity contribution >= 4 is 5.97 Å². The molecule has 1 saturated heterocycles. The minimum atomic E-state index is -0.825.